The SMILES string of the molecule is COc1ccc2[nH]c3c(c2c1F)C[C@@]1(C)C(=O)N(CCNC2CCC2)C(=O)N1[C@@H]3c1cccc(O)c1. The van der Waals surface area contributed by atoms with E-state index in [4.69, 9.17) is 4.74 Å². The van der Waals surface area contributed by atoms with Crippen molar-refractivity contribution >= 4 is 22.8 Å². The molecule has 0 spiro atoms. The van der Waals surface area contributed by atoms with Crippen molar-refractivity contribution in [2.24, 2.45) is 0 Å². The van der Waals surface area contributed by atoms with Gasteiger partial charge in [-0.1, -0.05) is 18.6 Å². The number of nitrogens with one attached hydrogen (secondary N) is 2. The molecule has 0 radical (unpaired) electrons. The lowest BCUT2D eigenvalue weighted by atomic mass is 9.81. The van der Waals surface area contributed by atoms with Gasteiger partial charge in [-0.3, -0.25) is 14.6 Å². The molecule has 6 rings (SSSR count). The van der Waals surface area contributed by atoms with Crippen LogP contribution in [-0.2, 0) is 11.2 Å². The Bertz CT molecular complexity index is 1380. The zero-order valence-electron chi connectivity index (χ0n) is 20.3. The molecule has 0 bridgehead atoms. The number of hydrogen-bond donors (Lipinski definition) is 3. The number of phenols is 1. The molecular weight excluding hydrogens is 463 g/mol. The molecule has 2 aromatic carbocycles. The van der Waals surface area contributed by atoms with Crippen LogP contribution in [0.1, 0.15) is 49.0 Å². The number of halogens is 1. The Balaban J connectivity index is 1.48. The highest BCUT2D eigenvalue weighted by Gasteiger charge is 2.60. The van der Waals surface area contributed by atoms with E-state index in [2.05, 4.69) is 10.3 Å². The predicted molar refractivity (Wildman–Crippen MR) is 131 cm³/mol. The first kappa shape index (κ1) is 22.8. The fourth-order valence-electron chi connectivity index (χ4n) is 5.94. The van der Waals surface area contributed by atoms with Crippen molar-refractivity contribution in [1.82, 2.24) is 20.1 Å². The number of nitrogens with zero attached hydrogens (tertiary/aromatic N) is 2. The Morgan fingerprint density at radius 3 is 2.75 bits per heavy atom. The maximum Gasteiger partial charge on any atom is 0.328 e. The molecular formula is C27H29FN4O4. The first-order chi connectivity index (χ1) is 17.3. The van der Waals surface area contributed by atoms with Gasteiger partial charge in [0.25, 0.3) is 5.91 Å². The van der Waals surface area contributed by atoms with E-state index in [1.807, 2.05) is 0 Å². The topological polar surface area (TPSA) is 97.9 Å². The van der Waals surface area contributed by atoms with Gasteiger partial charge >= 0.3 is 6.03 Å². The summed E-state index contributed by atoms with van der Waals surface area (Å²) in [6.45, 7) is 2.55. The molecule has 1 saturated carbocycles. The molecule has 3 amide bonds. The van der Waals surface area contributed by atoms with E-state index in [1.54, 1.807) is 48.2 Å². The number of aromatic amines is 1. The van der Waals surface area contributed by atoms with Crippen LogP contribution in [0.3, 0.4) is 0 Å². The molecule has 1 saturated heterocycles. The van der Waals surface area contributed by atoms with Crippen LogP contribution in [0.5, 0.6) is 11.5 Å². The second-order valence-corrected chi connectivity index (χ2v) is 10.2. The first-order valence-corrected chi connectivity index (χ1v) is 12.4. The van der Waals surface area contributed by atoms with Crippen LogP contribution < -0.4 is 10.1 Å². The number of phenolic OH excluding ortho intramolecular Hbond substituents is 1. The summed E-state index contributed by atoms with van der Waals surface area (Å²) < 4.78 is 20.7. The highest BCUT2D eigenvalue weighted by molar-refractivity contribution is 6.08. The quantitative estimate of drug-likeness (QED) is 0.455. The van der Waals surface area contributed by atoms with Crippen molar-refractivity contribution in [3.05, 3.63) is 59.0 Å². The third-order valence-corrected chi connectivity index (χ3v) is 8.01. The molecule has 9 heteroatoms. The normalized spacial score (nSPS) is 23.7. The second kappa shape index (κ2) is 8.23. The Kier molecular flexibility index (Phi) is 5.22. The number of imide groups is 1. The lowest BCUT2D eigenvalue weighted by Crippen LogP contribution is -2.53. The lowest BCUT2D eigenvalue weighted by molar-refractivity contribution is -0.133. The molecule has 2 atom stereocenters. The van der Waals surface area contributed by atoms with Crippen LogP contribution >= 0.6 is 0 Å². The number of aromatic hydroxyl groups is 1. The predicted octanol–water partition coefficient (Wildman–Crippen LogP) is 3.83. The fourth-order valence-corrected chi connectivity index (χ4v) is 5.94. The molecule has 2 fully saturated rings. The van der Waals surface area contributed by atoms with Gasteiger partial charge in [0.1, 0.15) is 17.3 Å². The standard InChI is InChI=1S/C27H29FN4O4/c1-27-14-18-21-19(9-10-20(36-2)22(21)28)30-23(18)24(15-5-3-8-17(33)13-15)32(27)26(35)31(25(27)34)12-11-29-16-6-4-7-16/h3,5,8-10,13,16,24,29-30,33H,4,6-7,11-12,14H2,1-2H3/t24-,27+/m1/s1. The third kappa shape index (κ3) is 3.22. The van der Waals surface area contributed by atoms with Crippen molar-refractivity contribution in [3.8, 4) is 11.5 Å². The number of amides is 3. The van der Waals surface area contributed by atoms with E-state index in [-0.39, 0.29) is 36.4 Å². The summed E-state index contributed by atoms with van der Waals surface area (Å²) >= 11 is 0. The van der Waals surface area contributed by atoms with Gasteiger partial charge in [-0.05, 0) is 55.2 Å². The highest BCUT2D eigenvalue weighted by atomic mass is 19.1. The molecule has 0 unspecified atom stereocenters. The molecule has 188 valence electrons. The summed E-state index contributed by atoms with van der Waals surface area (Å²) in [5.41, 5.74) is 1.27. The Hall–Kier alpha value is -3.59. The molecule has 8 nitrogen and oxygen atoms in total. The monoisotopic (exact) mass is 492 g/mol. The third-order valence-electron chi connectivity index (χ3n) is 8.01. The Morgan fingerprint density at radius 1 is 1.25 bits per heavy atom. The van der Waals surface area contributed by atoms with Crippen molar-refractivity contribution in [3.63, 3.8) is 0 Å². The van der Waals surface area contributed by atoms with Gasteiger partial charge in [-0.2, -0.15) is 0 Å². The zero-order chi connectivity index (χ0) is 25.2. The molecule has 36 heavy (non-hydrogen) atoms. The number of H-pyrrole nitrogens is 1. The lowest BCUT2D eigenvalue weighted by Gasteiger charge is -2.42. The largest absolute Gasteiger partial charge is 0.508 e. The maximum atomic E-state index is 15.5. The molecule has 3 N–H and O–H groups in total. The summed E-state index contributed by atoms with van der Waals surface area (Å²) in [4.78, 5) is 33.8. The maximum absolute atomic E-state index is 15.5. The van der Waals surface area contributed by atoms with Crippen molar-refractivity contribution in [2.75, 3.05) is 20.2 Å². The van der Waals surface area contributed by atoms with Gasteiger partial charge in [-0.15, -0.1) is 0 Å². The number of ether oxygens (including phenoxy) is 1. The minimum atomic E-state index is -1.21. The Labute approximate surface area is 208 Å². The van der Waals surface area contributed by atoms with Crippen molar-refractivity contribution < 1.29 is 23.8 Å². The number of methoxy groups -OCH3 is 1. The summed E-state index contributed by atoms with van der Waals surface area (Å²) in [7, 11) is 1.41. The molecule has 3 aliphatic rings. The van der Waals surface area contributed by atoms with Crippen LogP contribution in [0.25, 0.3) is 10.9 Å². The summed E-state index contributed by atoms with van der Waals surface area (Å²) in [6.07, 6.45) is 3.59. The van der Waals surface area contributed by atoms with Gasteiger partial charge < -0.3 is 20.1 Å². The van der Waals surface area contributed by atoms with Crippen LogP contribution in [0.2, 0.25) is 0 Å². The minimum absolute atomic E-state index is 0.0461. The van der Waals surface area contributed by atoms with E-state index in [1.165, 1.54) is 18.4 Å². The van der Waals surface area contributed by atoms with Crippen LogP contribution in [0.15, 0.2) is 36.4 Å². The van der Waals surface area contributed by atoms with Gasteiger partial charge in [0.15, 0.2) is 11.6 Å². The summed E-state index contributed by atoms with van der Waals surface area (Å²) in [6, 6.07) is 9.30. The van der Waals surface area contributed by atoms with Gasteiger partial charge in [0, 0.05) is 42.1 Å². The molecule has 3 aromatic rings. The van der Waals surface area contributed by atoms with Gasteiger partial charge in [-0.25, -0.2) is 9.18 Å². The van der Waals surface area contributed by atoms with E-state index in [0.717, 1.165) is 12.8 Å². The number of rotatable bonds is 6. The van der Waals surface area contributed by atoms with Gasteiger partial charge in [0.2, 0.25) is 0 Å². The van der Waals surface area contributed by atoms with Crippen molar-refractivity contribution in [1.29, 1.82) is 0 Å². The fraction of sp³-hybridized carbons (Fsp3) is 0.407. The van der Waals surface area contributed by atoms with E-state index in [9.17, 15) is 14.7 Å². The van der Waals surface area contributed by atoms with Crippen molar-refractivity contribution in [2.45, 2.75) is 50.2 Å². The smallest absolute Gasteiger partial charge is 0.328 e. The number of aromatic nitrogens is 1. The molecule has 1 aliphatic carbocycles. The molecule has 2 aliphatic heterocycles. The highest BCUT2D eigenvalue weighted by Crippen LogP contribution is 2.49. The van der Waals surface area contributed by atoms with Crippen LogP contribution in [0, 0.1) is 5.82 Å². The second-order valence-electron chi connectivity index (χ2n) is 10.2. The number of carbonyl (C=O) groups excluding carboxylic acids is 2. The average Bonchev–Trinajstić information content (AvgIpc) is 3.27. The van der Waals surface area contributed by atoms with Gasteiger partial charge in [0.05, 0.1) is 7.11 Å². The Morgan fingerprint density at radius 2 is 2.06 bits per heavy atom. The minimum Gasteiger partial charge on any atom is -0.508 e. The number of hydrogen-bond acceptors (Lipinski definition) is 5. The molecule has 3 heterocycles. The van der Waals surface area contributed by atoms with Crippen LogP contribution in [0.4, 0.5) is 9.18 Å². The summed E-state index contributed by atoms with van der Waals surface area (Å²) in [5, 5.41) is 14.0. The van der Waals surface area contributed by atoms with E-state index in [0.29, 0.717) is 40.3 Å². The molecule has 1 aromatic heterocycles. The number of urea groups is 1. The van der Waals surface area contributed by atoms with Crippen LogP contribution in [-0.4, -0.2) is 63.6 Å². The average molecular weight is 493 g/mol. The van der Waals surface area contributed by atoms with E-state index < -0.39 is 17.4 Å². The number of carbonyl (C=O) groups is 2. The zero-order valence-corrected chi connectivity index (χ0v) is 20.3. The number of benzene rings is 2. The number of fused-ring (bicyclic) bond motifs is 4. The first-order valence-electron chi connectivity index (χ1n) is 12.4. The van der Waals surface area contributed by atoms with E-state index >= 15 is 4.39 Å². The summed E-state index contributed by atoms with van der Waals surface area (Å²) in [5.74, 6) is -0.637.